The number of carbonyl (C=O) groups excluding carboxylic acids is 3. The Morgan fingerprint density at radius 2 is 2.08 bits per heavy atom. The summed E-state index contributed by atoms with van der Waals surface area (Å²) in [4.78, 5) is 44.5. The molecule has 0 aromatic carbocycles. The molecular weight excluding hydrogens is 376 g/mol. The number of nitrogens with one attached hydrogen (secondary N) is 1. The van der Waals surface area contributed by atoms with Crippen molar-refractivity contribution in [2.24, 2.45) is 0 Å². The van der Waals surface area contributed by atoms with Crippen molar-refractivity contribution in [2.75, 3.05) is 30.7 Å². The predicted molar refractivity (Wildman–Crippen MR) is 101 cm³/mol. The third-order valence-electron chi connectivity index (χ3n) is 3.81. The van der Waals surface area contributed by atoms with E-state index in [-0.39, 0.29) is 23.8 Å². The van der Waals surface area contributed by atoms with Crippen LogP contribution >= 0.6 is 23.1 Å². The van der Waals surface area contributed by atoms with Crippen molar-refractivity contribution in [3.63, 3.8) is 0 Å². The normalized spacial score (nSPS) is 17.3. The maximum Gasteiger partial charge on any atom is 0.410 e. The number of rotatable bonds is 3. The lowest BCUT2D eigenvalue weighted by molar-refractivity contribution is -0.116. The summed E-state index contributed by atoms with van der Waals surface area (Å²) >= 11 is 2.59. The van der Waals surface area contributed by atoms with Crippen LogP contribution in [-0.2, 0) is 22.5 Å². The van der Waals surface area contributed by atoms with Gasteiger partial charge < -0.3 is 19.9 Å². The Kier molecular flexibility index (Phi) is 5.42. The highest BCUT2D eigenvalue weighted by atomic mass is 32.2. The number of nitrogens with zero attached hydrogens (tertiary/aromatic N) is 3. The van der Waals surface area contributed by atoms with Crippen LogP contribution in [0.3, 0.4) is 0 Å². The van der Waals surface area contributed by atoms with Crippen molar-refractivity contribution in [1.82, 2.24) is 14.8 Å². The molecule has 3 rings (SSSR count). The lowest BCUT2D eigenvalue weighted by Gasteiger charge is -2.29. The van der Waals surface area contributed by atoms with Crippen molar-refractivity contribution < 1.29 is 19.1 Å². The first-order chi connectivity index (χ1) is 12.2. The van der Waals surface area contributed by atoms with Crippen LogP contribution in [-0.4, -0.2) is 63.0 Å². The highest BCUT2D eigenvalue weighted by Crippen LogP contribution is 2.29. The molecule has 2 aliphatic heterocycles. The van der Waals surface area contributed by atoms with Gasteiger partial charge in [0.05, 0.1) is 12.2 Å². The second kappa shape index (κ2) is 7.43. The molecule has 1 saturated heterocycles. The molecule has 0 aliphatic carbocycles. The van der Waals surface area contributed by atoms with Crippen LogP contribution in [0.4, 0.5) is 14.7 Å². The molecule has 1 aromatic heterocycles. The van der Waals surface area contributed by atoms with Crippen LogP contribution in [0.2, 0.25) is 0 Å². The average Bonchev–Trinajstić information content (AvgIpc) is 3.10. The van der Waals surface area contributed by atoms with Crippen LogP contribution in [0.1, 0.15) is 31.3 Å². The third-order valence-corrected chi connectivity index (χ3v) is 5.70. The first kappa shape index (κ1) is 19.0. The summed E-state index contributed by atoms with van der Waals surface area (Å²) in [5, 5.41) is 3.20. The predicted octanol–water partition coefficient (Wildman–Crippen LogP) is 2.54. The number of thioether (sulfide) groups is 1. The van der Waals surface area contributed by atoms with E-state index in [2.05, 4.69) is 10.3 Å². The van der Waals surface area contributed by atoms with Crippen LogP contribution in [0.15, 0.2) is 0 Å². The molecule has 0 unspecified atom stereocenters. The first-order valence-corrected chi connectivity index (χ1v) is 10.2. The number of fused-ring (bicyclic) bond motifs is 1. The Balaban J connectivity index is 1.58. The molecule has 0 bridgehead atoms. The number of amides is 3. The van der Waals surface area contributed by atoms with E-state index in [1.165, 1.54) is 28.0 Å². The SMILES string of the molecule is CC(C)(C)OC(=O)N1CCc2nc(NC(=O)CN3CCSC3=O)sc2C1. The maximum absolute atomic E-state index is 12.2. The van der Waals surface area contributed by atoms with Gasteiger partial charge in [0, 0.05) is 30.1 Å². The van der Waals surface area contributed by atoms with Gasteiger partial charge in [-0.3, -0.25) is 9.59 Å². The molecule has 1 fully saturated rings. The van der Waals surface area contributed by atoms with E-state index >= 15 is 0 Å². The summed E-state index contributed by atoms with van der Waals surface area (Å²) in [5.74, 6) is 0.467. The molecule has 0 radical (unpaired) electrons. The number of hydrogen-bond donors (Lipinski definition) is 1. The second-order valence-electron chi connectivity index (χ2n) is 7.12. The minimum Gasteiger partial charge on any atom is -0.444 e. The molecule has 8 nitrogen and oxygen atoms in total. The Morgan fingerprint density at radius 1 is 1.31 bits per heavy atom. The number of carbonyl (C=O) groups is 3. The Morgan fingerprint density at radius 3 is 2.73 bits per heavy atom. The number of aromatic nitrogens is 1. The number of thiazole rings is 1. The second-order valence-corrected chi connectivity index (χ2v) is 9.25. The van der Waals surface area contributed by atoms with Gasteiger partial charge in [-0.1, -0.05) is 23.1 Å². The lowest BCUT2D eigenvalue weighted by atomic mass is 10.2. The zero-order valence-electron chi connectivity index (χ0n) is 15.0. The highest BCUT2D eigenvalue weighted by Gasteiger charge is 2.28. The van der Waals surface area contributed by atoms with Gasteiger partial charge in [0.25, 0.3) is 5.24 Å². The van der Waals surface area contributed by atoms with Gasteiger partial charge >= 0.3 is 6.09 Å². The van der Waals surface area contributed by atoms with Crippen LogP contribution in [0.25, 0.3) is 0 Å². The number of ether oxygens (including phenoxy) is 1. The molecule has 0 atom stereocenters. The van der Waals surface area contributed by atoms with Crippen molar-refractivity contribution in [3.8, 4) is 0 Å². The molecule has 1 aromatic rings. The van der Waals surface area contributed by atoms with E-state index in [4.69, 9.17) is 4.74 Å². The van der Waals surface area contributed by atoms with E-state index in [9.17, 15) is 14.4 Å². The van der Waals surface area contributed by atoms with E-state index < -0.39 is 5.60 Å². The fourth-order valence-corrected chi connectivity index (χ4v) is 4.50. The molecule has 0 spiro atoms. The first-order valence-electron chi connectivity index (χ1n) is 8.39. The van der Waals surface area contributed by atoms with E-state index in [1.807, 2.05) is 20.8 Å². The van der Waals surface area contributed by atoms with Gasteiger partial charge in [-0.15, -0.1) is 0 Å². The van der Waals surface area contributed by atoms with Gasteiger partial charge in [0.1, 0.15) is 12.1 Å². The average molecular weight is 399 g/mol. The highest BCUT2D eigenvalue weighted by molar-refractivity contribution is 8.13. The standard InChI is InChI=1S/C16H22N4O4S2/c1-16(2,3)24-14(22)19-5-4-10-11(8-19)26-13(17-10)18-12(21)9-20-6-7-25-15(20)23/h4-9H2,1-3H3,(H,17,18,21). The fraction of sp³-hybridized carbons (Fsp3) is 0.625. The zero-order chi connectivity index (χ0) is 18.9. The Labute approximate surface area is 160 Å². The molecule has 1 N–H and O–H groups in total. The quantitative estimate of drug-likeness (QED) is 0.841. The van der Waals surface area contributed by atoms with Crippen molar-refractivity contribution in [3.05, 3.63) is 10.6 Å². The van der Waals surface area contributed by atoms with Crippen molar-refractivity contribution >= 4 is 45.5 Å². The largest absolute Gasteiger partial charge is 0.444 e. The minimum atomic E-state index is -0.532. The van der Waals surface area contributed by atoms with Gasteiger partial charge in [0.15, 0.2) is 5.13 Å². The van der Waals surface area contributed by atoms with Gasteiger partial charge in [-0.25, -0.2) is 9.78 Å². The molecular formula is C16H22N4O4S2. The minimum absolute atomic E-state index is 0.0418. The monoisotopic (exact) mass is 398 g/mol. The molecule has 3 amide bonds. The van der Waals surface area contributed by atoms with Crippen LogP contribution in [0.5, 0.6) is 0 Å². The molecule has 2 aliphatic rings. The van der Waals surface area contributed by atoms with Gasteiger partial charge in [0.2, 0.25) is 5.91 Å². The summed E-state index contributed by atoms with van der Waals surface area (Å²) in [6.07, 6.45) is 0.287. The van der Waals surface area contributed by atoms with Crippen LogP contribution < -0.4 is 5.32 Å². The van der Waals surface area contributed by atoms with Crippen molar-refractivity contribution in [1.29, 1.82) is 0 Å². The summed E-state index contributed by atoms with van der Waals surface area (Å²) in [6.45, 7) is 7.12. The van der Waals surface area contributed by atoms with Crippen molar-refractivity contribution in [2.45, 2.75) is 39.3 Å². The van der Waals surface area contributed by atoms with Gasteiger partial charge in [-0.05, 0) is 20.8 Å². The zero-order valence-corrected chi connectivity index (χ0v) is 16.7. The molecule has 10 heteroatoms. The molecule has 142 valence electrons. The molecule has 3 heterocycles. The van der Waals surface area contributed by atoms with E-state index in [1.54, 1.807) is 4.90 Å². The maximum atomic E-state index is 12.2. The summed E-state index contributed by atoms with van der Waals surface area (Å²) < 4.78 is 5.41. The summed E-state index contributed by atoms with van der Waals surface area (Å²) in [7, 11) is 0. The topological polar surface area (TPSA) is 91.8 Å². The molecule has 26 heavy (non-hydrogen) atoms. The smallest absolute Gasteiger partial charge is 0.410 e. The van der Waals surface area contributed by atoms with Crippen LogP contribution in [0, 0.1) is 0 Å². The summed E-state index contributed by atoms with van der Waals surface area (Å²) in [5.41, 5.74) is 0.369. The molecule has 0 saturated carbocycles. The third kappa shape index (κ3) is 4.67. The Hall–Kier alpha value is -1.81. The Bertz CT molecular complexity index is 728. The summed E-state index contributed by atoms with van der Waals surface area (Å²) in [6, 6.07) is 0. The van der Waals surface area contributed by atoms with E-state index in [0.29, 0.717) is 31.2 Å². The van der Waals surface area contributed by atoms with E-state index in [0.717, 1.165) is 16.3 Å². The number of hydrogen-bond acceptors (Lipinski definition) is 7. The lowest BCUT2D eigenvalue weighted by Crippen LogP contribution is -2.39. The fourth-order valence-electron chi connectivity index (χ4n) is 2.63. The number of anilines is 1. The van der Waals surface area contributed by atoms with Gasteiger partial charge in [-0.2, -0.15) is 0 Å².